The molecule has 0 aliphatic heterocycles. The van der Waals surface area contributed by atoms with E-state index in [1.54, 1.807) is 0 Å². The second-order valence-electron chi connectivity index (χ2n) is 4.37. The maximum atomic E-state index is 4.77. The Morgan fingerprint density at radius 3 is 3.27 bits per heavy atom. The van der Waals surface area contributed by atoms with Crippen LogP contribution in [0.4, 0.5) is 0 Å². The van der Waals surface area contributed by atoms with E-state index in [2.05, 4.69) is 35.7 Å². The van der Waals surface area contributed by atoms with Crippen LogP contribution in [0.3, 0.4) is 0 Å². The highest BCUT2D eigenvalue weighted by atomic mass is 15.0. The molecule has 3 rings (SSSR count). The SMILES string of the molecule is CCC1CCCc2c1nc1ccccn21. The summed E-state index contributed by atoms with van der Waals surface area (Å²) in [6.07, 6.45) is 7.18. The number of aryl methyl sites for hydroxylation is 1. The van der Waals surface area contributed by atoms with E-state index in [4.69, 9.17) is 4.98 Å². The van der Waals surface area contributed by atoms with Crippen molar-refractivity contribution in [2.75, 3.05) is 0 Å². The summed E-state index contributed by atoms with van der Waals surface area (Å²) in [5.74, 6) is 0.689. The maximum absolute atomic E-state index is 4.77. The van der Waals surface area contributed by atoms with Crippen molar-refractivity contribution in [2.45, 2.75) is 38.5 Å². The zero-order chi connectivity index (χ0) is 10.3. The lowest BCUT2D eigenvalue weighted by Crippen LogP contribution is -2.09. The topological polar surface area (TPSA) is 17.3 Å². The maximum Gasteiger partial charge on any atom is 0.137 e. The van der Waals surface area contributed by atoms with Crippen LogP contribution in [0.1, 0.15) is 43.5 Å². The summed E-state index contributed by atoms with van der Waals surface area (Å²) < 4.78 is 2.26. The average Bonchev–Trinajstić information content (AvgIpc) is 2.67. The van der Waals surface area contributed by atoms with E-state index >= 15 is 0 Å². The number of rotatable bonds is 1. The van der Waals surface area contributed by atoms with Crippen LogP contribution in [-0.2, 0) is 6.42 Å². The van der Waals surface area contributed by atoms with E-state index in [0.29, 0.717) is 5.92 Å². The second-order valence-corrected chi connectivity index (χ2v) is 4.37. The molecule has 0 aromatic carbocycles. The molecule has 78 valence electrons. The molecule has 2 heterocycles. The van der Waals surface area contributed by atoms with Crippen molar-refractivity contribution in [1.82, 2.24) is 9.38 Å². The molecule has 2 aromatic rings. The minimum Gasteiger partial charge on any atom is -0.304 e. The molecule has 2 heteroatoms. The van der Waals surface area contributed by atoms with Crippen LogP contribution < -0.4 is 0 Å². The van der Waals surface area contributed by atoms with Gasteiger partial charge in [-0.1, -0.05) is 13.0 Å². The lowest BCUT2D eigenvalue weighted by molar-refractivity contribution is 0.523. The first-order valence-corrected chi connectivity index (χ1v) is 5.86. The smallest absolute Gasteiger partial charge is 0.137 e. The van der Waals surface area contributed by atoms with Gasteiger partial charge in [0.2, 0.25) is 0 Å². The lowest BCUT2D eigenvalue weighted by atomic mass is 9.88. The Labute approximate surface area is 90.0 Å². The molecule has 2 nitrogen and oxygen atoms in total. The molecule has 0 radical (unpaired) electrons. The number of hydrogen-bond acceptors (Lipinski definition) is 1. The number of nitrogens with zero attached hydrogens (tertiary/aromatic N) is 2. The standard InChI is InChI=1S/C13H16N2/c1-2-10-6-5-7-11-13(10)14-12-8-3-4-9-15(11)12/h3-4,8-10H,2,5-7H2,1H3. The molecule has 0 saturated heterocycles. The van der Waals surface area contributed by atoms with Crippen molar-refractivity contribution >= 4 is 5.65 Å². The number of fused-ring (bicyclic) bond motifs is 3. The quantitative estimate of drug-likeness (QED) is 0.691. The Morgan fingerprint density at radius 2 is 2.40 bits per heavy atom. The molecular formula is C13H16N2. The van der Waals surface area contributed by atoms with E-state index in [-0.39, 0.29) is 0 Å². The molecule has 0 spiro atoms. The summed E-state index contributed by atoms with van der Waals surface area (Å²) in [4.78, 5) is 4.77. The van der Waals surface area contributed by atoms with Crippen LogP contribution in [-0.4, -0.2) is 9.38 Å². The van der Waals surface area contributed by atoms with Crippen LogP contribution >= 0.6 is 0 Å². The summed E-state index contributed by atoms with van der Waals surface area (Å²) >= 11 is 0. The highest BCUT2D eigenvalue weighted by Gasteiger charge is 2.23. The van der Waals surface area contributed by atoms with Gasteiger partial charge in [0.1, 0.15) is 5.65 Å². The zero-order valence-electron chi connectivity index (χ0n) is 9.11. The predicted octanol–water partition coefficient (Wildman–Crippen LogP) is 3.16. The molecule has 0 amide bonds. The molecular weight excluding hydrogens is 184 g/mol. The Kier molecular flexibility index (Phi) is 2.01. The highest BCUT2D eigenvalue weighted by Crippen LogP contribution is 2.33. The van der Waals surface area contributed by atoms with E-state index in [9.17, 15) is 0 Å². The van der Waals surface area contributed by atoms with Crippen LogP contribution in [0.15, 0.2) is 24.4 Å². The second kappa shape index (κ2) is 3.37. The molecule has 0 fully saturated rings. The summed E-state index contributed by atoms with van der Waals surface area (Å²) in [6, 6.07) is 6.25. The van der Waals surface area contributed by atoms with Gasteiger partial charge in [-0.25, -0.2) is 4.98 Å². The minimum absolute atomic E-state index is 0.689. The van der Waals surface area contributed by atoms with Crippen LogP contribution in [0.5, 0.6) is 0 Å². The predicted molar refractivity (Wildman–Crippen MR) is 61.2 cm³/mol. The van der Waals surface area contributed by atoms with E-state index < -0.39 is 0 Å². The van der Waals surface area contributed by atoms with Gasteiger partial charge in [-0.15, -0.1) is 0 Å². The van der Waals surface area contributed by atoms with Crippen molar-refractivity contribution in [1.29, 1.82) is 0 Å². The Bertz CT molecular complexity index is 484. The van der Waals surface area contributed by atoms with Crippen LogP contribution in [0.2, 0.25) is 0 Å². The molecule has 1 atom stereocenters. The zero-order valence-corrected chi connectivity index (χ0v) is 9.11. The molecule has 1 aliphatic carbocycles. The number of imidazole rings is 1. The van der Waals surface area contributed by atoms with Gasteiger partial charge in [0, 0.05) is 17.8 Å². The third-order valence-electron chi connectivity index (χ3n) is 3.51. The minimum atomic E-state index is 0.689. The Hall–Kier alpha value is -1.31. The van der Waals surface area contributed by atoms with Gasteiger partial charge in [-0.05, 0) is 37.8 Å². The van der Waals surface area contributed by atoms with Crippen molar-refractivity contribution in [2.24, 2.45) is 0 Å². The van der Waals surface area contributed by atoms with Crippen LogP contribution in [0.25, 0.3) is 5.65 Å². The van der Waals surface area contributed by atoms with Gasteiger partial charge in [0.25, 0.3) is 0 Å². The molecule has 1 aliphatic rings. The molecule has 2 aromatic heterocycles. The first-order valence-electron chi connectivity index (χ1n) is 5.86. The number of pyridine rings is 1. The van der Waals surface area contributed by atoms with Crippen molar-refractivity contribution in [3.8, 4) is 0 Å². The Balaban J connectivity index is 2.24. The monoisotopic (exact) mass is 200 g/mol. The van der Waals surface area contributed by atoms with Gasteiger partial charge in [-0.2, -0.15) is 0 Å². The molecule has 0 N–H and O–H groups in total. The number of hydrogen-bond donors (Lipinski definition) is 0. The fourth-order valence-electron chi connectivity index (χ4n) is 2.69. The molecule has 15 heavy (non-hydrogen) atoms. The fraction of sp³-hybridized carbons (Fsp3) is 0.462. The van der Waals surface area contributed by atoms with Crippen molar-refractivity contribution < 1.29 is 0 Å². The Morgan fingerprint density at radius 1 is 1.47 bits per heavy atom. The average molecular weight is 200 g/mol. The summed E-state index contributed by atoms with van der Waals surface area (Å²) in [6.45, 7) is 2.27. The molecule has 0 saturated carbocycles. The van der Waals surface area contributed by atoms with Crippen molar-refractivity contribution in [3.63, 3.8) is 0 Å². The normalized spacial score (nSPS) is 20.5. The van der Waals surface area contributed by atoms with E-state index in [0.717, 1.165) is 5.65 Å². The molecule has 0 bridgehead atoms. The van der Waals surface area contributed by atoms with Gasteiger partial charge < -0.3 is 4.40 Å². The summed E-state index contributed by atoms with van der Waals surface area (Å²) in [5.41, 5.74) is 3.92. The first kappa shape index (κ1) is 8.96. The fourth-order valence-corrected chi connectivity index (χ4v) is 2.69. The third-order valence-corrected chi connectivity index (χ3v) is 3.51. The summed E-state index contributed by atoms with van der Waals surface area (Å²) in [5, 5.41) is 0. The number of aromatic nitrogens is 2. The van der Waals surface area contributed by atoms with Gasteiger partial charge in [0.05, 0.1) is 5.69 Å². The van der Waals surface area contributed by atoms with Gasteiger partial charge in [-0.3, -0.25) is 0 Å². The van der Waals surface area contributed by atoms with Gasteiger partial charge >= 0.3 is 0 Å². The molecule has 1 unspecified atom stereocenters. The largest absolute Gasteiger partial charge is 0.304 e. The first-order chi connectivity index (χ1) is 7.40. The lowest BCUT2D eigenvalue weighted by Gasteiger charge is -2.19. The third kappa shape index (κ3) is 1.28. The summed E-state index contributed by atoms with van der Waals surface area (Å²) in [7, 11) is 0. The van der Waals surface area contributed by atoms with Crippen LogP contribution in [0, 0.1) is 0 Å². The van der Waals surface area contributed by atoms with Crippen molar-refractivity contribution in [3.05, 3.63) is 35.8 Å². The van der Waals surface area contributed by atoms with E-state index in [1.807, 2.05) is 0 Å². The van der Waals surface area contributed by atoms with Gasteiger partial charge in [0.15, 0.2) is 0 Å². The highest BCUT2D eigenvalue weighted by molar-refractivity contribution is 5.44. The van der Waals surface area contributed by atoms with E-state index in [1.165, 1.54) is 37.1 Å².